The number of nitrogen functional groups attached to an aromatic ring is 1. The number of anilines is 2. The highest BCUT2D eigenvalue weighted by atomic mass is 16.2. The number of nitrogens with two attached hydrogens (primary N) is 1. The van der Waals surface area contributed by atoms with Gasteiger partial charge in [0.1, 0.15) is 23.4 Å². The highest BCUT2D eigenvalue weighted by Gasteiger charge is 2.20. The third-order valence-corrected chi connectivity index (χ3v) is 3.94. The monoisotopic (exact) mass is 334 g/mol. The van der Waals surface area contributed by atoms with Crippen LogP contribution >= 0.6 is 0 Å². The summed E-state index contributed by atoms with van der Waals surface area (Å²) in [6.45, 7) is 1.76. The third kappa shape index (κ3) is 2.51. The maximum Gasteiger partial charge on any atom is 0.247 e. The number of amides is 1. The molecule has 0 bridgehead atoms. The van der Waals surface area contributed by atoms with Crippen LogP contribution in [0.2, 0.25) is 0 Å². The summed E-state index contributed by atoms with van der Waals surface area (Å²) in [7, 11) is 0. The van der Waals surface area contributed by atoms with Gasteiger partial charge >= 0.3 is 0 Å². The highest BCUT2D eigenvalue weighted by Crippen LogP contribution is 2.22. The number of aromatic nitrogens is 6. The Morgan fingerprint density at radius 3 is 2.84 bits per heavy atom. The van der Waals surface area contributed by atoms with Gasteiger partial charge in [0.2, 0.25) is 5.91 Å². The maximum absolute atomic E-state index is 12.7. The molecular formula is C16H14N8O. The van der Waals surface area contributed by atoms with Gasteiger partial charge in [0.15, 0.2) is 11.5 Å². The van der Waals surface area contributed by atoms with Gasteiger partial charge in [0, 0.05) is 12.4 Å². The molecule has 9 heteroatoms. The molecule has 0 spiro atoms. The Labute approximate surface area is 142 Å². The molecule has 0 radical (unpaired) electrons. The van der Waals surface area contributed by atoms with Gasteiger partial charge in [0.05, 0.1) is 17.5 Å². The van der Waals surface area contributed by atoms with Crippen molar-refractivity contribution in [2.24, 2.45) is 0 Å². The lowest BCUT2D eigenvalue weighted by atomic mass is 10.2. The molecular weight excluding hydrogens is 320 g/mol. The van der Waals surface area contributed by atoms with Gasteiger partial charge in [0.25, 0.3) is 0 Å². The zero-order valence-electron chi connectivity index (χ0n) is 13.3. The van der Waals surface area contributed by atoms with Crippen LogP contribution in [0.15, 0.2) is 43.2 Å². The number of carbonyl (C=O) groups is 1. The predicted octanol–water partition coefficient (Wildman–Crippen LogP) is 1.55. The summed E-state index contributed by atoms with van der Waals surface area (Å²) in [6.07, 6.45) is 6.08. The van der Waals surface area contributed by atoms with Crippen molar-refractivity contribution in [1.82, 2.24) is 29.5 Å². The third-order valence-electron chi connectivity index (χ3n) is 3.94. The second-order valence-electron chi connectivity index (χ2n) is 5.48. The largest absolute Gasteiger partial charge is 0.382 e. The zero-order chi connectivity index (χ0) is 17.4. The van der Waals surface area contributed by atoms with Crippen LogP contribution in [0.25, 0.3) is 22.2 Å². The fraction of sp³-hybridized carbons (Fsp3) is 0.125. The van der Waals surface area contributed by atoms with E-state index in [9.17, 15) is 4.79 Å². The van der Waals surface area contributed by atoms with E-state index >= 15 is 0 Å². The molecule has 0 fully saturated rings. The number of hydrogen-bond donors (Lipinski definition) is 2. The molecule has 1 amide bonds. The van der Waals surface area contributed by atoms with Gasteiger partial charge in [-0.25, -0.2) is 15.0 Å². The van der Waals surface area contributed by atoms with E-state index in [0.717, 1.165) is 0 Å². The van der Waals surface area contributed by atoms with E-state index in [1.165, 1.54) is 12.7 Å². The van der Waals surface area contributed by atoms with Gasteiger partial charge in [-0.1, -0.05) is 6.07 Å². The smallest absolute Gasteiger partial charge is 0.247 e. The topological polar surface area (TPSA) is 124 Å². The lowest BCUT2D eigenvalue weighted by Gasteiger charge is -2.14. The summed E-state index contributed by atoms with van der Waals surface area (Å²) in [6, 6.07) is 4.89. The Hall–Kier alpha value is -3.62. The van der Waals surface area contributed by atoms with E-state index in [2.05, 4.69) is 30.2 Å². The minimum Gasteiger partial charge on any atom is -0.382 e. The molecule has 3 aromatic heterocycles. The number of rotatable bonds is 3. The summed E-state index contributed by atoms with van der Waals surface area (Å²) in [5.74, 6) is 0.0512. The van der Waals surface area contributed by atoms with Crippen molar-refractivity contribution in [3.05, 3.63) is 43.2 Å². The predicted molar refractivity (Wildman–Crippen MR) is 92.6 cm³/mol. The zero-order valence-corrected chi connectivity index (χ0v) is 13.3. The van der Waals surface area contributed by atoms with Crippen LogP contribution in [0.1, 0.15) is 13.0 Å². The Kier molecular flexibility index (Phi) is 3.46. The molecule has 1 aromatic carbocycles. The van der Waals surface area contributed by atoms with Crippen LogP contribution in [0.5, 0.6) is 0 Å². The molecule has 0 aliphatic rings. The number of imidazole rings is 1. The first-order chi connectivity index (χ1) is 12.1. The Morgan fingerprint density at radius 2 is 1.96 bits per heavy atom. The van der Waals surface area contributed by atoms with E-state index in [1.807, 2.05) is 12.1 Å². The molecule has 4 aromatic rings. The molecule has 0 aliphatic heterocycles. The molecule has 0 aliphatic carbocycles. The summed E-state index contributed by atoms with van der Waals surface area (Å²) in [5, 5.41) is 2.89. The number of para-hydroxylation sites is 1. The minimum atomic E-state index is -0.550. The first-order valence-electron chi connectivity index (χ1n) is 7.59. The van der Waals surface area contributed by atoms with Gasteiger partial charge in [-0.2, -0.15) is 0 Å². The highest BCUT2D eigenvalue weighted by molar-refractivity contribution is 6.01. The average molecular weight is 334 g/mol. The van der Waals surface area contributed by atoms with Crippen LogP contribution in [0.3, 0.4) is 0 Å². The van der Waals surface area contributed by atoms with Crippen molar-refractivity contribution in [2.45, 2.75) is 13.0 Å². The van der Waals surface area contributed by atoms with Crippen LogP contribution in [-0.2, 0) is 4.79 Å². The fourth-order valence-electron chi connectivity index (χ4n) is 2.61. The second kappa shape index (κ2) is 5.78. The van der Waals surface area contributed by atoms with Crippen LogP contribution in [0, 0.1) is 0 Å². The average Bonchev–Trinajstić information content (AvgIpc) is 3.07. The molecule has 9 nitrogen and oxygen atoms in total. The molecule has 124 valence electrons. The van der Waals surface area contributed by atoms with Crippen molar-refractivity contribution in [2.75, 3.05) is 11.1 Å². The van der Waals surface area contributed by atoms with Crippen LogP contribution in [0.4, 0.5) is 11.5 Å². The molecule has 1 unspecified atom stereocenters. The van der Waals surface area contributed by atoms with Gasteiger partial charge in [-0.15, -0.1) is 0 Å². The number of benzene rings is 1. The molecule has 25 heavy (non-hydrogen) atoms. The van der Waals surface area contributed by atoms with E-state index in [-0.39, 0.29) is 11.7 Å². The maximum atomic E-state index is 12.7. The lowest BCUT2D eigenvalue weighted by Crippen LogP contribution is -2.23. The van der Waals surface area contributed by atoms with E-state index < -0.39 is 6.04 Å². The van der Waals surface area contributed by atoms with E-state index in [1.54, 1.807) is 30.0 Å². The Balaban J connectivity index is 1.67. The quantitative estimate of drug-likeness (QED) is 0.582. The first-order valence-corrected chi connectivity index (χ1v) is 7.59. The summed E-state index contributed by atoms with van der Waals surface area (Å²) in [4.78, 5) is 33.5. The summed E-state index contributed by atoms with van der Waals surface area (Å²) in [5.41, 5.74) is 8.71. The van der Waals surface area contributed by atoms with Crippen molar-refractivity contribution in [3.8, 4) is 0 Å². The van der Waals surface area contributed by atoms with Crippen molar-refractivity contribution >= 4 is 39.6 Å². The standard InChI is InChI=1S/C16H14N8O/c1-9(24-8-22-13-14(17)20-7-21-15(13)24)16(25)23-11-4-2-3-10-12(11)19-6-5-18-10/h2-9H,1H3,(H,23,25)(H2,17,20,21). The van der Waals surface area contributed by atoms with Crippen molar-refractivity contribution in [3.63, 3.8) is 0 Å². The van der Waals surface area contributed by atoms with E-state index in [4.69, 9.17) is 5.73 Å². The molecule has 3 N–H and O–H groups in total. The lowest BCUT2D eigenvalue weighted by molar-refractivity contribution is -0.118. The van der Waals surface area contributed by atoms with Gasteiger partial charge in [-0.3, -0.25) is 14.8 Å². The second-order valence-corrected chi connectivity index (χ2v) is 5.48. The fourth-order valence-corrected chi connectivity index (χ4v) is 2.61. The van der Waals surface area contributed by atoms with Crippen molar-refractivity contribution < 1.29 is 4.79 Å². The summed E-state index contributed by atoms with van der Waals surface area (Å²) >= 11 is 0. The Morgan fingerprint density at radius 1 is 1.12 bits per heavy atom. The number of fused-ring (bicyclic) bond motifs is 2. The van der Waals surface area contributed by atoms with Gasteiger partial charge < -0.3 is 15.6 Å². The van der Waals surface area contributed by atoms with Crippen LogP contribution in [-0.4, -0.2) is 35.4 Å². The number of nitrogens with zero attached hydrogens (tertiary/aromatic N) is 6. The molecule has 0 saturated heterocycles. The molecule has 3 heterocycles. The van der Waals surface area contributed by atoms with Gasteiger partial charge in [-0.05, 0) is 19.1 Å². The Bertz CT molecular complexity index is 1080. The summed E-state index contributed by atoms with van der Waals surface area (Å²) < 4.78 is 1.65. The molecule has 0 saturated carbocycles. The number of carbonyl (C=O) groups excluding carboxylic acids is 1. The van der Waals surface area contributed by atoms with Crippen LogP contribution < -0.4 is 11.1 Å². The minimum absolute atomic E-state index is 0.227. The molecule has 4 rings (SSSR count). The normalized spacial score (nSPS) is 12.4. The van der Waals surface area contributed by atoms with E-state index in [0.29, 0.717) is 27.9 Å². The molecule has 1 atom stereocenters. The first kappa shape index (κ1) is 14.9. The SMILES string of the molecule is CC(C(=O)Nc1cccc2nccnc12)n1cnc2c(N)ncnc21. The van der Waals surface area contributed by atoms with Crippen molar-refractivity contribution in [1.29, 1.82) is 0 Å². The number of nitrogens with one attached hydrogen (secondary N) is 1. The number of hydrogen-bond acceptors (Lipinski definition) is 7.